The van der Waals surface area contributed by atoms with Crippen molar-refractivity contribution in [3.05, 3.63) is 66.0 Å². The number of thioether (sulfide) groups is 1. The lowest BCUT2D eigenvalue weighted by molar-refractivity contribution is -0.119. The van der Waals surface area contributed by atoms with Gasteiger partial charge in [-0.15, -0.1) is 11.8 Å². The molecule has 1 amide bonds. The smallest absolute Gasteiger partial charge is 0.230 e. The molecule has 0 radical (unpaired) electrons. The molecule has 0 saturated carbocycles. The van der Waals surface area contributed by atoms with Crippen LogP contribution < -0.4 is 5.32 Å². The molecular weight excluding hydrogens is 323 g/mol. The maximum atomic E-state index is 13.5. The van der Waals surface area contributed by atoms with Crippen molar-refractivity contribution in [1.29, 1.82) is 0 Å². The van der Waals surface area contributed by atoms with Crippen molar-refractivity contribution in [1.82, 2.24) is 10.2 Å². The van der Waals surface area contributed by atoms with Crippen LogP contribution in [-0.2, 0) is 11.3 Å². The average molecular weight is 344 g/mol. The molecule has 2 aromatic rings. The highest BCUT2D eigenvalue weighted by Crippen LogP contribution is 2.21. The minimum atomic E-state index is -0.273. The number of hydrogen-bond donors (Lipinski definition) is 1. The molecule has 1 saturated heterocycles. The Balaban J connectivity index is 1.42. The number of likely N-dealkylation sites (tertiary alicyclic amines) is 1. The highest BCUT2D eigenvalue weighted by Gasteiger charge is 2.23. The standard InChI is InChI=1S/C19H21FN2OS/c20-17-8-4-5-9-18(17)24-14-19(23)21-16-10-11-22(13-16)12-15-6-2-1-3-7-15/h1-9,16H,10-14H2,(H,21,23)/t16-/m0/s1. The number of nitrogens with one attached hydrogen (secondary N) is 1. The van der Waals surface area contributed by atoms with E-state index in [1.165, 1.54) is 23.4 Å². The van der Waals surface area contributed by atoms with Crippen molar-refractivity contribution in [2.24, 2.45) is 0 Å². The zero-order valence-electron chi connectivity index (χ0n) is 13.5. The van der Waals surface area contributed by atoms with E-state index in [0.29, 0.717) is 4.90 Å². The molecule has 24 heavy (non-hydrogen) atoms. The third-order valence-electron chi connectivity index (χ3n) is 4.08. The molecule has 0 aromatic heterocycles. The minimum absolute atomic E-state index is 0.0326. The summed E-state index contributed by atoms with van der Waals surface area (Å²) in [5.41, 5.74) is 1.29. The van der Waals surface area contributed by atoms with Gasteiger partial charge in [0, 0.05) is 30.6 Å². The van der Waals surface area contributed by atoms with E-state index in [9.17, 15) is 9.18 Å². The second kappa shape index (κ2) is 8.31. The van der Waals surface area contributed by atoms with Gasteiger partial charge in [0.2, 0.25) is 5.91 Å². The first-order valence-electron chi connectivity index (χ1n) is 8.13. The zero-order valence-corrected chi connectivity index (χ0v) is 14.3. The summed E-state index contributed by atoms with van der Waals surface area (Å²) >= 11 is 1.24. The molecular formula is C19H21FN2OS. The van der Waals surface area contributed by atoms with Crippen LogP contribution in [0.1, 0.15) is 12.0 Å². The Morgan fingerprint density at radius 1 is 1.17 bits per heavy atom. The highest BCUT2D eigenvalue weighted by atomic mass is 32.2. The van der Waals surface area contributed by atoms with E-state index < -0.39 is 0 Å². The van der Waals surface area contributed by atoms with Crippen LogP contribution in [0, 0.1) is 5.82 Å². The Hall–Kier alpha value is -1.85. The number of nitrogens with zero attached hydrogens (tertiary/aromatic N) is 1. The van der Waals surface area contributed by atoms with E-state index in [-0.39, 0.29) is 23.5 Å². The summed E-state index contributed by atoms with van der Waals surface area (Å²) in [5, 5.41) is 3.06. The van der Waals surface area contributed by atoms with Crippen molar-refractivity contribution in [2.75, 3.05) is 18.8 Å². The number of halogens is 1. The lowest BCUT2D eigenvalue weighted by Gasteiger charge is -2.16. The largest absolute Gasteiger partial charge is 0.351 e. The quantitative estimate of drug-likeness (QED) is 0.816. The third-order valence-corrected chi connectivity index (χ3v) is 5.13. The average Bonchev–Trinajstić information content (AvgIpc) is 3.02. The van der Waals surface area contributed by atoms with E-state index in [2.05, 4.69) is 22.3 Å². The molecule has 1 atom stereocenters. The van der Waals surface area contributed by atoms with Gasteiger partial charge in [0.25, 0.3) is 0 Å². The monoisotopic (exact) mass is 344 g/mol. The van der Waals surface area contributed by atoms with Crippen molar-refractivity contribution in [3.63, 3.8) is 0 Å². The summed E-state index contributed by atoms with van der Waals surface area (Å²) < 4.78 is 13.5. The minimum Gasteiger partial charge on any atom is -0.351 e. The normalized spacial score (nSPS) is 17.8. The SMILES string of the molecule is O=C(CSc1ccccc1F)N[C@H]1CCN(Cc2ccccc2)C1. The predicted octanol–water partition coefficient (Wildman–Crippen LogP) is 3.31. The van der Waals surface area contributed by atoms with Gasteiger partial charge in [-0.05, 0) is 24.1 Å². The van der Waals surface area contributed by atoms with Gasteiger partial charge in [-0.1, -0.05) is 42.5 Å². The van der Waals surface area contributed by atoms with E-state index in [1.54, 1.807) is 18.2 Å². The maximum absolute atomic E-state index is 13.5. The Bertz CT molecular complexity index is 680. The highest BCUT2D eigenvalue weighted by molar-refractivity contribution is 8.00. The summed E-state index contributed by atoms with van der Waals surface area (Å²) in [4.78, 5) is 14.9. The van der Waals surface area contributed by atoms with Crippen LogP contribution in [0.2, 0.25) is 0 Å². The Labute approximate surface area is 146 Å². The van der Waals surface area contributed by atoms with Gasteiger partial charge in [0.05, 0.1) is 5.75 Å². The van der Waals surface area contributed by atoms with Gasteiger partial charge in [-0.2, -0.15) is 0 Å². The first kappa shape index (κ1) is 17.0. The van der Waals surface area contributed by atoms with Crippen LogP contribution in [0.4, 0.5) is 4.39 Å². The molecule has 2 aromatic carbocycles. The summed E-state index contributed by atoms with van der Waals surface area (Å²) in [5.74, 6) is -0.0594. The van der Waals surface area contributed by atoms with E-state index in [1.807, 2.05) is 18.2 Å². The molecule has 126 valence electrons. The second-order valence-electron chi connectivity index (χ2n) is 5.99. The molecule has 5 heteroatoms. The number of rotatable bonds is 6. The molecule has 3 rings (SSSR count). The van der Waals surface area contributed by atoms with E-state index in [0.717, 1.165) is 26.1 Å². The van der Waals surface area contributed by atoms with Crippen LogP contribution in [0.3, 0.4) is 0 Å². The molecule has 1 aliphatic heterocycles. The molecule has 0 spiro atoms. The first-order chi connectivity index (χ1) is 11.7. The zero-order chi connectivity index (χ0) is 16.8. The van der Waals surface area contributed by atoms with Crippen LogP contribution >= 0.6 is 11.8 Å². The summed E-state index contributed by atoms with van der Waals surface area (Å²) in [6.07, 6.45) is 0.961. The molecule has 0 bridgehead atoms. The Morgan fingerprint density at radius 2 is 1.92 bits per heavy atom. The van der Waals surface area contributed by atoms with Gasteiger partial charge in [-0.25, -0.2) is 4.39 Å². The third kappa shape index (κ3) is 4.82. The second-order valence-corrected chi connectivity index (χ2v) is 7.01. The van der Waals surface area contributed by atoms with E-state index in [4.69, 9.17) is 0 Å². The van der Waals surface area contributed by atoms with Crippen LogP contribution in [0.15, 0.2) is 59.5 Å². The first-order valence-corrected chi connectivity index (χ1v) is 9.12. The number of amides is 1. The lowest BCUT2D eigenvalue weighted by atomic mass is 10.2. The molecule has 3 nitrogen and oxygen atoms in total. The van der Waals surface area contributed by atoms with Gasteiger partial charge >= 0.3 is 0 Å². The van der Waals surface area contributed by atoms with Gasteiger partial charge in [0.15, 0.2) is 0 Å². The fourth-order valence-electron chi connectivity index (χ4n) is 2.91. The van der Waals surface area contributed by atoms with Crippen molar-refractivity contribution in [3.8, 4) is 0 Å². The molecule has 1 fully saturated rings. The summed E-state index contributed by atoms with van der Waals surface area (Å²) in [6, 6.07) is 17.1. The molecule has 0 unspecified atom stereocenters. The van der Waals surface area contributed by atoms with Crippen LogP contribution in [0.25, 0.3) is 0 Å². The Kier molecular flexibility index (Phi) is 5.88. The Morgan fingerprint density at radius 3 is 2.71 bits per heavy atom. The fourth-order valence-corrected chi connectivity index (χ4v) is 3.66. The summed E-state index contributed by atoms with van der Waals surface area (Å²) in [6.45, 7) is 2.77. The number of carbonyl (C=O) groups excluding carboxylic acids is 1. The van der Waals surface area contributed by atoms with Crippen LogP contribution in [0.5, 0.6) is 0 Å². The lowest BCUT2D eigenvalue weighted by Crippen LogP contribution is -2.38. The molecule has 1 aliphatic rings. The van der Waals surface area contributed by atoms with Crippen molar-refractivity contribution in [2.45, 2.75) is 23.9 Å². The molecule has 1 N–H and O–H groups in total. The maximum Gasteiger partial charge on any atom is 0.230 e. The summed E-state index contributed by atoms with van der Waals surface area (Å²) in [7, 11) is 0. The van der Waals surface area contributed by atoms with Gasteiger partial charge < -0.3 is 5.32 Å². The van der Waals surface area contributed by atoms with E-state index >= 15 is 0 Å². The number of hydrogen-bond acceptors (Lipinski definition) is 3. The van der Waals surface area contributed by atoms with Crippen molar-refractivity contribution >= 4 is 17.7 Å². The fraction of sp³-hybridized carbons (Fsp3) is 0.316. The van der Waals surface area contributed by atoms with Gasteiger partial charge in [-0.3, -0.25) is 9.69 Å². The topological polar surface area (TPSA) is 32.3 Å². The van der Waals surface area contributed by atoms with Crippen molar-refractivity contribution < 1.29 is 9.18 Å². The molecule has 0 aliphatic carbocycles. The van der Waals surface area contributed by atoms with Crippen LogP contribution in [-0.4, -0.2) is 35.7 Å². The number of carbonyl (C=O) groups is 1. The predicted molar refractivity (Wildman–Crippen MR) is 95.4 cm³/mol. The number of benzene rings is 2. The van der Waals surface area contributed by atoms with Gasteiger partial charge in [0.1, 0.15) is 5.82 Å². The molecule has 1 heterocycles.